The number of hydrogen-bond acceptors (Lipinski definition) is 5. The normalized spacial score (nSPS) is 10.6. The second-order valence-corrected chi connectivity index (χ2v) is 5.61. The van der Waals surface area contributed by atoms with Gasteiger partial charge in [0.05, 0.1) is 24.3 Å². The number of benzene rings is 1. The van der Waals surface area contributed by atoms with Crippen LogP contribution in [0.4, 0.5) is 5.13 Å². The lowest BCUT2D eigenvalue weighted by Gasteiger charge is -2.17. The van der Waals surface area contributed by atoms with Gasteiger partial charge in [-0.25, -0.2) is 4.98 Å². The van der Waals surface area contributed by atoms with Crippen LogP contribution >= 0.6 is 11.3 Å². The number of aromatic nitrogens is 1. The molecule has 0 unspecified atom stereocenters. The summed E-state index contributed by atoms with van der Waals surface area (Å²) in [5.41, 5.74) is 2.11. The summed E-state index contributed by atoms with van der Waals surface area (Å²) in [7, 11) is 3.69. The molecule has 0 fully saturated rings. The van der Waals surface area contributed by atoms with Crippen LogP contribution in [0.15, 0.2) is 24.3 Å². The lowest BCUT2D eigenvalue weighted by molar-refractivity contribution is 0.284. The highest BCUT2D eigenvalue weighted by Crippen LogP contribution is 2.28. The van der Waals surface area contributed by atoms with E-state index in [0.29, 0.717) is 0 Å². The quantitative estimate of drug-likeness (QED) is 0.889. The highest BCUT2D eigenvalue weighted by atomic mass is 32.1. The number of rotatable bonds is 6. The first-order chi connectivity index (χ1) is 9.69. The van der Waals surface area contributed by atoms with Crippen molar-refractivity contribution in [2.24, 2.45) is 0 Å². The second kappa shape index (κ2) is 6.72. The van der Waals surface area contributed by atoms with Crippen molar-refractivity contribution >= 4 is 16.5 Å². The largest absolute Gasteiger partial charge is 0.496 e. The average molecular weight is 292 g/mol. The molecule has 0 saturated carbocycles. The lowest BCUT2D eigenvalue weighted by Crippen LogP contribution is -2.16. The summed E-state index contributed by atoms with van der Waals surface area (Å²) < 4.78 is 5.37. The van der Waals surface area contributed by atoms with Crippen LogP contribution in [-0.4, -0.2) is 24.2 Å². The molecule has 0 aliphatic carbocycles. The molecule has 0 atom stereocenters. The zero-order chi connectivity index (χ0) is 14.5. The first-order valence-corrected chi connectivity index (χ1v) is 7.43. The highest BCUT2D eigenvalue weighted by Gasteiger charge is 2.13. The molecule has 1 heterocycles. The molecule has 4 nitrogen and oxygen atoms in total. The zero-order valence-corrected chi connectivity index (χ0v) is 12.9. The van der Waals surface area contributed by atoms with Gasteiger partial charge >= 0.3 is 0 Å². The third-order valence-electron chi connectivity index (χ3n) is 3.17. The SMILES string of the molecule is CCc1nc(N(C)Cc2ccccc2OC)sc1CO. The van der Waals surface area contributed by atoms with Crippen LogP contribution in [0.3, 0.4) is 0 Å². The van der Waals surface area contributed by atoms with E-state index >= 15 is 0 Å². The molecule has 0 saturated heterocycles. The maximum atomic E-state index is 9.35. The van der Waals surface area contributed by atoms with E-state index in [1.807, 2.05) is 25.2 Å². The summed E-state index contributed by atoms with van der Waals surface area (Å²) in [5.74, 6) is 0.883. The first-order valence-electron chi connectivity index (χ1n) is 6.62. The Morgan fingerprint density at radius 3 is 2.70 bits per heavy atom. The van der Waals surface area contributed by atoms with Gasteiger partial charge in [-0.2, -0.15) is 0 Å². The number of aryl methyl sites for hydroxylation is 1. The summed E-state index contributed by atoms with van der Waals surface area (Å²) in [6.45, 7) is 2.84. The van der Waals surface area contributed by atoms with Gasteiger partial charge < -0.3 is 14.7 Å². The summed E-state index contributed by atoms with van der Waals surface area (Å²) in [6.07, 6.45) is 0.842. The number of ether oxygens (including phenoxy) is 1. The molecule has 0 amide bonds. The summed E-state index contributed by atoms with van der Waals surface area (Å²) in [4.78, 5) is 7.63. The van der Waals surface area contributed by atoms with Gasteiger partial charge in [0.25, 0.3) is 0 Å². The fourth-order valence-electron chi connectivity index (χ4n) is 2.09. The number of hydrogen-bond donors (Lipinski definition) is 1. The Bertz CT molecular complexity index is 547. The van der Waals surface area contributed by atoms with Gasteiger partial charge in [-0.3, -0.25) is 0 Å². The Balaban J connectivity index is 2.19. The van der Waals surface area contributed by atoms with E-state index in [1.165, 1.54) is 0 Å². The zero-order valence-electron chi connectivity index (χ0n) is 12.1. The van der Waals surface area contributed by atoms with Gasteiger partial charge in [0.15, 0.2) is 5.13 Å². The van der Waals surface area contributed by atoms with Crippen LogP contribution in [-0.2, 0) is 19.6 Å². The van der Waals surface area contributed by atoms with Gasteiger partial charge in [-0.1, -0.05) is 36.5 Å². The van der Waals surface area contributed by atoms with Crippen LogP contribution in [0.5, 0.6) is 5.75 Å². The van der Waals surface area contributed by atoms with Crippen LogP contribution in [0.25, 0.3) is 0 Å². The second-order valence-electron chi connectivity index (χ2n) is 4.55. The Morgan fingerprint density at radius 2 is 2.10 bits per heavy atom. The summed E-state index contributed by atoms with van der Waals surface area (Å²) in [6, 6.07) is 7.98. The van der Waals surface area contributed by atoms with Crippen molar-refractivity contribution in [1.29, 1.82) is 0 Å². The predicted octanol–water partition coefficient (Wildman–Crippen LogP) is 2.84. The molecule has 0 spiro atoms. The molecule has 1 aromatic heterocycles. The van der Waals surface area contributed by atoms with E-state index in [1.54, 1.807) is 18.4 Å². The fourth-order valence-corrected chi connectivity index (χ4v) is 3.06. The molecule has 2 aromatic rings. The molecule has 108 valence electrons. The van der Waals surface area contributed by atoms with Crippen molar-refractivity contribution < 1.29 is 9.84 Å². The number of nitrogens with zero attached hydrogens (tertiary/aromatic N) is 2. The van der Waals surface area contributed by atoms with Crippen molar-refractivity contribution in [3.8, 4) is 5.75 Å². The Labute approximate surface area is 123 Å². The molecule has 0 bridgehead atoms. The van der Waals surface area contributed by atoms with Crippen molar-refractivity contribution in [2.75, 3.05) is 19.1 Å². The van der Waals surface area contributed by atoms with E-state index in [4.69, 9.17) is 4.74 Å². The maximum absolute atomic E-state index is 9.35. The number of aliphatic hydroxyl groups excluding tert-OH is 1. The molecule has 1 N–H and O–H groups in total. The van der Waals surface area contributed by atoms with E-state index in [-0.39, 0.29) is 6.61 Å². The number of anilines is 1. The van der Waals surface area contributed by atoms with Gasteiger partial charge in [-0.05, 0) is 12.5 Å². The molecule has 2 rings (SSSR count). The van der Waals surface area contributed by atoms with Crippen LogP contribution in [0, 0.1) is 0 Å². The molecule has 20 heavy (non-hydrogen) atoms. The molecule has 1 aromatic carbocycles. The van der Waals surface area contributed by atoms with Gasteiger partial charge in [-0.15, -0.1) is 0 Å². The highest BCUT2D eigenvalue weighted by molar-refractivity contribution is 7.15. The third-order valence-corrected chi connectivity index (χ3v) is 4.37. The third kappa shape index (κ3) is 3.11. The van der Waals surface area contributed by atoms with Gasteiger partial charge in [0.1, 0.15) is 5.75 Å². The Hall–Kier alpha value is -1.59. The monoisotopic (exact) mass is 292 g/mol. The maximum Gasteiger partial charge on any atom is 0.185 e. The van der Waals surface area contributed by atoms with Crippen molar-refractivity contribution in [1.82, 2.24) is 4.98 Å². The van der Waals surface area contributed by atoms with E-state index in [2.05, 4.69) is 22.9 Å². The van der Waals surface area contributed by atoms with E-state index in [9.17, 15) is 5.11 Å². The number of methoxy groups -OCH3 is 1. The van der Waals surface area contributed by atoms with Crippen LogP contribution < -0.4 is 9.64 Å². The van der Waals surface area contributed by atoms with E-state index < -0.39 is 0 Å². The van der Waals surface area contributed by atoms with E-state index in [0.717, 1.165) is 40.0 Å². The van der Waals surface area contributed by atoms with Crippen molar-refractivity contribution in [2.45, 2.75) is 26.5 Å². The van der Waals surface area contributed by atoms with Gasteiger partial charge in [0, 0.05) is 19.2 Å². The summed E-state index contributed by atoms with van der Waals surface area (Å²) >= 11 is 1.55. The summed E-state index contributed by atoms with van der Waals surface area (Å²) in [5, 5.41) is 10.3. The minimum Gasteiger partial charge on any atom is -0.496 e. The fraction of sp³-hybridized carbons (Fsp3) is 0.400. The molecule has 0 aliphatic rings. The minimum absolute atomic E-state index is 0.0589. The average Bonchev–Trinajstić information content (AvgIpc) is 2.91. The van der Waals surface area contributed by atoms with Crippen LogP contribution in [0.2, 0.25) is 0 Å². The topological polar surface area (TPSA) is 45.6 Å². The minimum atomic E-state index is 0.0589. The van der Waals surface area contributed by atoms with Crippen LogP contribution in [0.1, 0.15) is 23.1 Å². The lowest BCUT2D eigenvalue weighted by atomic mass is 10.2. The molecular weight excluding hydrogens is 272 g/mol. The standard InChI is InChI=1S/C15H20N2O2S/c1-4-12-14(10-18)20-15(16-12)17(2)9-11-7-5-6-8-13(11)19-3/h5-8,18H,4,9-10H2,1-3H3. The molecule has 0 radical (unpaired) electrons. The molecule has 0 aliphatic heterocycles. The molecule has 5 heteroatoms. The molecular formula is C15H20N2O2S. The smallest absolute Gasteiger partial charge is 0.185 e. The Morgan fingerprint density at radius 1 is 1.35 bits per heavy atom. The van der Waals surface area contributed by atoms with Gasteiger partial charge in [0.2, 0.25) is 0 Å². The predicted molar refractivity (Wildman–Crippen MR) is 82.5 cm³/mol. The Kier molecular flexibility index (Phi) is 4.98. The number of para-hydroxylation sites is 1. The number of thiazole rings is 1. The first kappa shape index (κ1) is 14.8. The van der Waals surface area contributed by atoms with Crippen molar-refractivity contribution in [3.63, 3.8) is 0 Å². The number of aliphatic hydroxyl groups is 1. The van der Waals surface area contributed by atoms with Crippen molar-refractivity contribution in [3.05, 3.63) is 40.4 Å².